The summed E-state index contributed by atoms with van der Waals surface area (Å²) >= 11 is 0. The molecule has 1 unspecified atom stereocenters. The van der Waals surface area contributed by atoms with Gasteiger partial charge in [-0.2, -0.15) is 0 Å². The lowest BCUT2D eigenvalue weighted by molar-refractivity contribution is -0.0397. The number of aliphatic hydroxyl groups is 1. The second kappa shape index (κ2) is 10.3. The smallest absolute Gasteiger partial charge is 0.261 e. The maximum Gasteiger partial charge on any atom is 0.261 e. The van der Waals surface area contributed by atoms with Gasteiger partial charge in [0, 0.05) is 13.2 Å². The summed E-state index contributed by atoms with van der Waals surface area (Å²) in [7, 11) is 0. The zero-order chi connectivity index (χ0) is 25.2. The number of fused-ring (bicyclic) bond motifs is 2. The van der Waals surface area contributed by atoms with Gasteiger partial charge in [-0.1, -0.05) is 31.9 Å². The van der Waals surface area contributed by atoms with Gasteiger partial charge in [0.1, 0.15) is 24.1 Å². The van der Waals surface area contributed by atoms with Gasteiger partial charge in [0.25, 0.3) is 11.8 Å². The lowest BCUT2D eigenvalue weighted by Crippen LogP contribution is -2.34. The quantitative estimate of drug-likeness (QED) is 0.320. The summed E-state index contributed by atoms with van der Waals surface area (Å²) < 4.78 is 13.8. The number of nitrogens with zero attached hydrogens (tertiary/aromatic N) is 5. The summed E-state index contributed by atoms with van der Waals surface area (Å²) in [5.41, 5.74) is 7.81. The standard InChI is InChI=1S/C25H30N6O5/c1-2-17-20(19(32)25(36-17)31-14-29-18-21(26)27-13-28-22(18)31)35-12-8-4-3-7-11-30-23(33)15-9-5-6-10-16(15)24(30)34/h5-6,9-10,13-14,17,19-20,25,32H,2-4,7-8,11-12H2,1H3,(H2,26,27,28)/t17-,19?,20+,25-/m1/s1. The zero-order valence-corrected chi connectivity index (χ0v) is 20.1. The van der Waals surface area contributed by atoms with E-state index >= 15 is 0 Å². The zero-order valence-electron chi connectivity index (χ0n) is 20.1. The molecule has 0 aliphatic carbocycles. The summed E-state index contributed by atoms with van der Waals surface area (Å²) in [4.78, 5) is 38.7. The van der Waals surface area contributed by atoms with Crippen LogP contribution in [0.15, 0.2) is 36.9 Å². The number of carbonyl (C=O) groups is 2. The number of unbranched alkanes of at least 4 members (excludes halogenated alkanes) is 3. The Balaban J connectivity index is 1.08. The number of aromatic nitrogens is 4. The van der Waals surface area contributed by atoms with Crippen molar-refractivity contribution in [3.63, 3.8) is 0 Å². The second-order valence-electron chi connectivity index (χ2n) is 9.10. The highest BCUT2D eigenvalue weighted by Gasteiger charge is 2.45. The third-order valence-corrected chi connectivity index (χ3v) is 6.84. The first kappa shape index (κ1) is 24.3. The summed E-state index contributed by atoms with van der Waals surface area (Å²) in [6, 6.07) is 6.93. The Kier molecular flexibility index (Phi) is 6.95. The molecule has 4 heterocycles. The molecule has 0 radical (unpaired) electrons. The molecule has 11 nitrogen and oxygen atoms in total. The highest BCUT2D eigenvalue weighted by molar-refractivity contribution is 6.21. The third-order valence-electron chi connectivity index (χ3n) is 6.84. The molecule has 11 heteroatoms. The van der Waals surface area contributed by atoms with Crippen LogP contribution >= 0.6 is 0 Å². The van der Waals surface area contributed by atoms with E-state index in [1.807, 2.05) is 6.92 Å². The van der Waals surface area contributed by atoms with Gasteiger partial charge in [-0.05, 0) is 31.4 Å². The minimum absolute atomic E-state index is 0.214. The normalized spacial score (nSPS) is 23.7. The van der Waals surface area contributed by atoms with Crippen molar-refractivity contribution in [1.29, 1.82) is 0 Å². The first-order valence-corrected chi connectivity index (χ1v) is 12.3. The first-order valence-electron chi connectivity index (χ1n) is 12.3. The third kappa shape index (κ3) is 4.34. The highest BCUT2D eigenvalue weighted by Crippen LogP contribution is 2.35. The maximum absolute atomic E-state index is 12.4. The number of imide groups is 1. The van der Waals surface area contributed by atoms with E-state index in [1.54, 1.807) is 35.2 Å². The van der Waals surface area contributed by atoms with Gasteiger partial charge in [-0.3, -0.25) is 19.1 Å². The number of nitrogens with two attached hydrogens (primary N) is 1. The molecule has 2 aliphatic heterocycles. The van der Waals surface area contributed by atoms with Crippen LogP contribution in [-0.2, 0) is 9.47 Å². The fourth-order valence-electron chi connectivity index (χ4n) is 4.93. The van der Waals surface area contributed by atoms with Crippen LogP contribution in [0.1, 0.15) is 66.0 Å². The number of rotatable bonds is 10. The molecule has 3 N–H and O–H groups in total. The molecule has 2 aliphatic rings. The van der Waals surface area contributed by atoms with Crippen molar-refractivity contribution in [1.82, 2.24) is 24.4 Å². The van der Waals surface area contributed by atoms with Gasteiger partial charge in [-0.15, -0.1) is 0 Å². The molecular weight excluding hydrogens is 464 g/mol. The lowest BCUT2D eigenvalue weighted by Gasteiger charge is -2.20. The van der Waals surface area contributed by atoms with Gasteiger partial charge >= 0.3 is 0 Å². The van der Waals surface area contributed by atoms with Gasteiger partial charge < -0.3 is 20.3 Å². The van der Waals surface area contributed by atoms with Crippen LogP contribution in [0.5, 0.6) is 0 Å². The largest absolute Gasteiger partial charge is 0.386 e. The molecule has 0 bridgehead atoms. The number of hydrogen-bond acceptors (Lipinski definition) is 9. The second-order valence-corrected chi connectivity index (χ2v) is 9.10. The number of amides is 2. The first-order chi connectivity index (χ1) is 17.5. The minimum atomic E-state index is -0.891. The van der Waals surface area contributed by atoms with Crippen molar-refractivity contribution in [2.45, 2.75) is 63.6 Å². The van der Waals surface area contributed by atoms with Gasteiger partial charge in [-0.25, -0.2) is 15.0 Å². The Bertz CT molecular complexity index is 1230. The number of benzene rings is 1. The van der Waals surface area contributed by atoms with E-state index in [2.05, 4.69) is 15.0 Å². The van der Waals surface area contributed by atoms with Crippen LogP contribution in [0.2, 0.25) is 0 Å². The Hall–Kier alpha value is -3.41. The van der Waals surface area contributed by atoms with Crippen LogP contribution in [0.25, 0.3) is 11.2 Å². The fourth-order valence-corrected chi connectivity index (χ4v) is 4.93. The molecule has 4 atom stereocenters. The molecule has 3 aromatic rings. The fraction of sp³-hybridized carbons (Fsp3) is 0.480. The van der Waals surface area contributed by atoms with Crippen LogP contribution in [0.3, 0.4) is 0 Å². The van der Waals surface area contributed by atoms with E-state index in [0.29, 0.717) is 41.9 Å². The van der Waals surface area contributed by atoms with Crippen molar-refractivity contribution in [3.05, 3.63) is 48.0 Å². The van der Waals surface area contributed by atoms with Crippen molar-refractivity contribution in [2.75, 3.05) is 18.9 Å². The van der Waals surface area contributed by atoms with E-state index in [1.165, 1.54) is 11.2 Å². The van der Waals surface area contributed by atoms with Crippen molar-refractivity contribution in [2.24, 2.45) is 0 Å². The lowest BCUT2D eigenvalue weighted by atomic mass is 10.1. The maximum atomic E-state index is 12.4. The molecular formula is C25H30N6O5. The topological polar surface area (TPSA) is 146 Å². The summed E-state index contributed by atoms with van der Waals surface area (Å²) in [6.07, 6.45) is 4.55. The number of aliphatic hydroxyl groups excluding tert-OH is 1. The Morgan fingerprint density at radius 3 is 2.50 bits per heavy atom. The predicted molar refractivity (Wildman–Crippen MR) is 130 cm³/mol. The Morgan fingerprint density at radius 1 is 1.06 bits per heavy atom. The van der Waals surface area contributed by atoms with Crippen molar-refractivity contribution < 1.29 is 24.2 Å². The van der Waals surface area contributed by atoms with E-state index < -0.39 is 18.4 Å². The molecule has 2 aromatic heterocycles. The van der Waals surface area contributed by atoms with E-state index in [9.17, 15) is 14.7 Å². The highest BCUT2D eigenvalue weighted by atomic mass is 16.6. The Morgan fingerprint density at radius 2 is 1.78 bits per heavy atom. The molecule has 5 rings (SSSR count). The molecule has 0 saturated carbocycles. The van der Waals surface area contributed by atoms with Gasteiger partial charge in [0.05, 0.1) is 23.6 Å². The molecule has 36 heavy (non-hydrogen) atoms. The summed E-state index contributed by atoms with van der Waals surface area (Å²) in [5.74, 6) is -0.155. The summed E-state index contributed by atoms with van der Waals surface area (Å²) in [5, 5.41) is 11.0. The Labute approximate surface area is 208 Å². The van der Waals surface area contributed by atoms with Crippen LogP contribution < -0.4 is 5.73 Å². The van der Waals surface area contributed by atoms with Crippen LogP contribution in [0, 0.1) is 0 Å². The van der Waals surface area contributed by atoms with Crippen molar-refractivity contribution in [3.8, 4) is 0 Å². The number of ether oxygens (including phenoxy) is 2. The van der Waals surface area contributed by atoms with E-state index in [-0.39, 0.29) is 23.7 Å². The predicted octanol–water partition coefficient (Wildman–Crippen LogP) is 2.32. The number of nitrogen functional groups attached to an aromatic ring is 1. The molecule has 1 saturated heterocycles. The average molecular weight is 495 g/mol. The molecule has 1 aromatic carbocycles. The SMILES string of the molecule is CC[C@H]1O[C@@H](n2cnc3c(N)ncnc32)C(O)[C@H]1OCCCCCCN1C(=O)c2ccccc2C1=O. The van der Waals surface area contributed by atoms with E-state index in [4.69, 9.17) is 15.2 Å². The number of anilines is 1. The van der Waals surface area contributed by atoms with E-state index in [0.717, 1.165) is 25.7 Å². The number of imidazole rings is 1. The van der Waals surface area contributed by atoms with Gasteiger partial charge in [0.15, 0.2) is 17.7 Å². The van der Waals surface area contributed by atoms with Crippen LogP contribution in [0.4, 0.5) is 5.82 Å². The molecule has 2 amide bonds. The molecule has 190 valence electrons. The van der Waals surface area contributed by atoms with Crippen molar-refractivity contribution >= 4 is 28.8 Å². The number of hydrogen-bond donors (Lipinski definition) is 2. The average Bonchev–Trinajstić information content (AvgIpc) is 3.53. The van der Waals surface area contributed by atoms with Gasteiger partial charge in [0.2, 0.25) is 0 Å². The number of carbonyl (C=O) groups excluding carboxylic acids is 2. The monoisotopic (exact) mass is 494 g/mol. The summed E-state index contributed by atoms with van der Waals surface area (Å²) in [6.45, 7) is 2.87. The van der Waals surface area contributed by atoms with Crippen LogP contribution in [-0.4, -0.2) is 72.8 Å². The minimum Gasteiger partial charge on any atom is -0.386 e. The molecule has 1 fully saturated rings. The molecule has 0 spiro atoms.